The molecule has 0 saturated carbocycles. The zero-order valence-corrected chi connectivity index (χ0v) is 22.1. The molecule has 194 valence electrons. The van der Waals surface area contributed by atoms with Gasteiger partial charge >= 0.3 is 0 Å². The Morgan fingerprint density at radius 1 is 0.833 bits per heavy atom. The average molecular weight is 492 g/mol. The Bertz CT molecular complexity index is 1020. The Morgan fingerprint density at radius 2 is 1.56 bits per heavy atom. The lowest BCUT2D eigenvalue weighted by atomic mass is 9.96. The van der Waals surface area contributed by atoms with Crippen LogP contribution in [-0.2, 0) is 4.84 Å². The van der Waals surface area contributed by atoms with Gasteiger partial charge in [-0.3, -0.25) is 5.01 Å². The van der Waals surface area contributed by atoms with Crippen LogP contribution in [0.3, 0.4) is 0 Å². The first-order valence-electron chi connectivity index (χ1n) is 13.6. The Labute approximate surface area is 216 Å². The molecule has 2 unspecified atom stereocenters. The SMILES string of the molecule is CCCCCCCCCCC1CC(C2=NN(c3ccccc3)C(c3ccc(OC)c(OC)c3)C2)=NO1. The fraction of sp³-hybridized carbons (Fsp3) is 0.533. The van der Waals surface area contributed by atoms with Crippen molar-refractivity contribution < 1.29 is 14.3 Å². The van der Waals surface area contributed by atoms with E-state index < -0.39 is 0 Å². The number of para-hydroxylation sites is 1. The fourth-order valence-electron chi connectivity index (χ4n) is 5.08. The van der Waals surface area contributed by atoms with Crippen molar-refractivity contribution in [2.24, 2.45) is 10.3 Å². The van der Waals surface area contributed by atoms with Gasteiger partial charge in [-0.2, -0.15) is 5.10 Å². The van der Waals surface area contributed by atoms with Crippen LogP contribution in [0.4, 0.5) is 5.69 Å². The maximum Gasteiger partial charge on any atom is 0.161 e. The highest BCUT2D eigenvalue weighted by molar-refractivity contribution is 6.43. The molecule has 4 rings (SSSR count). The average Bonchev–Trinajstić information content (AvgIpc) is 3.58. The lowest BCUT2D eigenvalue weighted by molar-refractivity contribution is 0.0770. The first-order valence-corrected chi connectivity index (χ1v) is 13.6. The van der Waals surface area contributed by atoms with Gasteiger partial charge in [-0.15, -0.1) is 0 Å². The van der Waals surface area contributed by atoms with Gasteiger partial charge in [0, 0.05) is 12.8 Å². The number of methoxy groups -OCH3 is 2. The molecule has 0 radical (unpaired) electrons. The molecule has 0 bridgehead atoms. The highest BCUT2D eigenvalue weighted by Gasteiger charge is 2.35. The molecule has 0 saturated heterocycles. The Balaban J connectivity index is 1.37. The summed E-state index contributed by atoms with van der Waals surface area (Å²) in [5.74, 6) is 1.45. The summed E-state index contributed by atoms with van der Waals surface area (Å²) in [5.41, 5.74) is 4.19. The van der Waals surface area contributed by atoms with Gasteiger partial charge < -0.3 is 14.3 Å². The van der Waals surface area contributed by atoms with Gasteiger partial charge in [0.15, 0.2) is 11.5 Å². The van der Waals surface area contributed by atoms with E-state index in [1.54, 1.807) is 14.2 Å². The van der Waals surface area contributed by atoms with Crippen molar-refractivity contribution in [3.8, 4) is 11.5 Å². The van der Waals surface area contributed by atoms with Crippen LogP contribution >= 0.6 is 0 Å². The fourth-order valence-corrected chi connectivity index (χ4v) is 5.08. The van der Waals surface area contributed by atoms with E-state index in [1.807, 2.05) is 24.3 Å². The highest BCUT2D eigenvalue weighted by atomic mass is 16.6. The van der Waals surface area contributed by atoms with Crippen molar-refractivity contribution in [1.29, 1.82) is 0 Å². The second-order valence-electron chi connectivity index (χ2n) is 9.79. The summed E-state index contributed by atoms with van der Waals surface area (Å²) in [7, 11) is 3.33. The second-order valence-corrected chi connectivity index (χ2v) is 9.79. The second kappa shape index (κ2) is 13.3. The van der Waals surface area contributed by atoms with E-state index in [9.17, 15) is 0 Å². The van der Waals surface area contributed by atoms with E-state index in [-0.39, 0.29) is 12.1 Å². The molecule has 2 atom stereocenters. The summed E-state index contributed by atoms with van der Waals surface area (Å²) < 4.78 is 11.0. The summed E-state index contributed by atoms with van der Waals surface area (Å²) in [4.78, 5) is 5.84. The largest absolute Gasteiger partial charge is 0.493 e. The first kappa shape index (κ1) is 26.1. The summed E-state index contributed by atoms with van der Waals surface area (Å²) in [6, 6.07) is 16.5. The van der Waals surface area contributed by atoms with Crippen molar-refractivity contribution in [3.63, 3.8) is 0 Å². The maximum absolute atomic E-state index is 5.84. The minimum atomic E-state index is 0.0525. The van der Waals surface area contributed by atoms with Gasteiger partial charge in [0.05, 0.1) is 31.7 Å². The zero-order chi connectivity index (χ0) is 25.2. The van der Waals surface area contributed by atoms with Crippen LogP contribution in [0, 0.1) is 0 Å². The normalized spacial score (nSPS) is 19.1. The van der Waals surface area contributed by atoms with Gasteiger partial charge in [0.25, 0.3) is 0 Å². The summed E-state index contributed by atoms with van der Waals surface area (Å²) in [6.07, 6.45) is 13.5. The smallest absolute Gasteiger partial charge is 0.161 e. The molecule has 2 heterocycles. The third-order valence-electron chi connectivity index (χ3n) is 7.17. The van der Waals surface area contributed by atoms with Crippen LogP contribution in [0.15, 0.2) is 58.8 Å². The molecular weight excluding hydrogens is 450 g/mol. The summed E-state index contributed by atoms with van der Waals surface area (Å²) >= 11 is 0. The zero-order valence-electron chi connectivity index (χ0n) is 22.1. The topological polar surface area (TPSA) is 55.7 Å². The van der Waals surface area contributed by atoms with Crippen molar-refractivity contribution >= 4 is 17.1 Å². The number of oxime groups is 1. The molecule has 36 heavy (non-hydrogen) atoms. The van der Waals surface area contributed by atoms with Crippen LogP contribution < -0.4 is 14.5 Å². The first-order chi connectivity index (χ1) is 17.7. The molecule has 2 aromatic carbocycles. The van der Waals surface area contributed by atoms with Gasteiger partial charge in [0.2, 0.25) is 0 Å². The van der Waals surface area contributed by atoms with E-state index in [0.29, 0.717) is 0 Å². The predicted molar refractivity (Wildman–Crippen MR) is 147 cm³/mol. The predicted octanol–water partition coefficient (Wildman–Crippen LogP) is 7.69. The van der Waals surface area contributed by atoms with E-state index in [0.717, 1.165) is 53.4 Å². The minimum Gasteiger partial charge on any atom is -0.493 e. The van der Waals surface area contributed by atoms with Gasteiger partial charge in [-0.05, 0) is 42.7 Å². The molecule has 2 aliphatic rings. The molecule has 2 aliphatic heterocycles. The van der Waals surface area contributed by atoms with Crippen LogP contribution in [0.2, 0.25) is 0 Å². The third-order valence-corrected chi connectivity index (χ3v) is 7.17. The van der Waals surface area contributed by atoms with Crippen LogP contribution in [0.25, 0.3) is 0 Å². The Hall–Kier alpha value is -3.02. The summed E-state index contributed by atoms with van der Waals surface area (Å²) in [6.45, 7) is 2.27. The quantitative estimate of drug-likeness (QED) is 0.254. The molecule has 0 N–H and O–H groups in total. The maximum atomic E-state index is 5.84. The number of unbranched alkanes of at least 4 members (excludes halogenated alkanes) is 7. The Morgan fingerprint density at radius 3 is 2.28 bits per heavy atom. The monoisotopic (exact) mass is 491 g/mol. The Kier molecular flexibility index (Phi) is 9.65. The molecule has 0 aromatic heterocycles. The number of hydrogen-bond acceptors (Lipinski definition) is 6. The van der Waals surface area contributed by atoms with Crippen molar-refractivity contribution in [3.05, 3.63) is 54.1 Å². The summed E-state index contributed by atoms with van der Waals surface area (Å²) in [5, 5.41) is 11.6. The lowest BCUT2D eigenvalue weighted by Gasteiger charge is -2.24. The van der Waals surface area contributed by atoms with Gasteiger partial charge in [0.1, 0.15) is 11.8 Å². The molecule has 0 aliphatic carbocycles. The van der Waals surface area contributed by atoms with Crippen molar-refractivity contribution in [2.45, 2.75) is 89.7 Å². The number of anilines is 1. The van der Waals surface area contributed by atoms with Crippen molar-refractivity contribution in [2.75, 3.05) is 19.2 Å². The van der Waals surface area contributed by atoms with Crippen molar-refractivity contribution in [1.82, 2.24) is 0 Å². The van der Waals surface area contributed by atoms with E-state index >= 15 is 0 Å². The third kappa shape index (κ3) is 6.59. The van der Waals surface area contributed by atoms with E-state index in [2.05, 4.69) is 41.4 Å². The molecule has 2 aromatic rings. The molecule has 6 nitrogen and oxygen atoms in total. The number of rotatable bonds is 14. The van der Waals surface area contributed by atoms with E-state index in [4.69, 9.17) is 19.4 Å². The molecule has 6 heteroatoms. The van der Waals surface area contributed by atoms with Crippen LogP contribution in [0.1, 0.15) is 89.2 Å². The number of hydrazone groups is 1. The number of ether oxygens (including phenoxy) is 2. The molecule has 0 fully saturated rings. The molecule has 0 spiro atoms. The number of hydrogen-bond donors (Lipinski definition) is 0. The molecular formula is C30H41N3O3. The van der Waals surface area contributed by atoms with Gasteiger partial charge in [-0.25, -0.2) is 0 Å². The molecule has 0 amide bonds. The number of nitrogens with zero attached hydrogens (tertiary/aromatic N) is 3. The highest BCUT2D eigenvalue weighted by Crippen LogP contribution is 2.39. The van der Waals surface area contributed by atoms with E-state index in [1.165, 1.54) is 51.4 Å². The van der Waals surface area contributed by atoms with Gasteiger partial charge in [-0.1, -0.05) is 81.3 Å². The number of benzene rings is 2. The van der Waals surface area contributed by atoms with Crippen LogP contribution in [0.5, 0.6) is 11.5 Å². The van der Waals surface area contributed by atoms with Crippen LogP contribution in [-0.4, -0.2) is 31.7 Å². The minimum absolute atomic E-state index is 0.0525. The standard InChI is InChI=1S/C30H41N3O3/c1-4-5-6-7-8-9-10-14-17-25-21-27(32-36-25)26-22-28(33(31-26)24-15-12-11-13-16-24)23-18-19-29(34-2)30(20-23)35-3/h11-13,15-16,18-20,25,28H,4-10,14,17,21-22H2,1-3H3. The lowest BCUT2D eigenvalue weighted by Crippen LogP contribution is -2.18.